The van der Waals surface area contributed by atoms with Crippen molar-refractivity contribution in [3.63, 3.8) is 0 Å². The summed E-state index contributed by atoms with van der Waals surface area (Å²) in [5.41, 5.74) is 2.95. The zero-order chi connectivity index (χ0) is 24.3. The van der Waals surface area contributed by atoms with Crippen molar-refractivity contribution in [1.82, 2.24) is 20.4 Å². The molecular formula is C25H30N4O4S. The van der Waals surface area contributed by atoms with Crippen LogP contribution in [0.5, 0.6) is 0 Å². The second-order valence-electron chi connectivity index (χ2n) is 9.02. The predicted molar refractivity (Wildman–Crippen MR) is 129 cm³/mol. The van der Waals surface area contributed by atoms with Gasteiger partial charge in [-0.3, -0.25) is 9.69 Å². The Morgan fingerprint density at radius 1 is 1.18 bits per heavy atom. The first-order valence-corrected chi connectivity index (χ1v) is 13.3. The van der Waals surface area contributed by atoms with Gasteiger partial charge in [-0.05, 0) is 50.9 Å². The van der Waals surface area contributed by atoms with E-state index in [-0.39, 0.29) is 22.8 Å². The van der Waals surface area contributed by atoms with Gasteiger partial charge in [-0.25, -0.2) is 8.42 Å². The van der Waals surface area contributed by atoms with Crippen molar-refractivity contribution in [3.8, 4) is 11.4 Å². The number of carbonyl (C=O) groups excluding carboxylic acids is 1. The normalized spacial score (nSPS) is 17.9. The zero-order valence-electron chi connectivity index (χ0n) is 19.7. The van der Waals surface area contributed by atoms with Gasteiger partial charge in [0, 0.05) is 18.4 Å². The minimum absolute atomic E-state index is 0.00439. The lowest BCUT2D eigenvalue weighted by atomic mass is 9.96. The van der Waals surface area contributed by atoms with E-state index in [1.807, 2.05) is 38.1 Å². The summed E-state index contributed by atoms with van der Waals surface area (Å²) in [6, 6.07) is 14.4. The first-order valence-electron chi connectivity index (χ1n) is 11.4. The average Bonchev–Trinajstić information content (AvgIpc) is 3.27. The van der Waals surface area contributed by atoms with Crippen molar-refractivity contribution in [1.29, 1.82) is 0 Å². The monoisotopic (exact) mass is 482 g/mol. The van der Waals surface area contributed by atoms with Gasteiger partial charge in [-0.15, -0.1) is 0 Å². The van der Waals surface area contributed by atoms with Crippen LogP contribution in [0.1, 0.15) is 42.8 Å². The minimum Gasteiger partial charge on any atom is -0.349 e. The number of hydrogen-bond donors (Lipinski definition) is 1. The molecule has 2 heterocycles. The summed E-state index contributed by atoms with van der Waals surface area (Å²) in [4.78, 5) is 19.9. The van der Waals surface area contributed by atoms with Gasteiger partial charge >= 0.3 is 0 Å². The van der Waals surface area contributed by atoms with E-state index in [9.17, 15) is 13.2 Å². The molecule has 1 aromatic heterocycles. The number of benzene rings is 2. The van der Waals surface area contributed by atoms with Crippen molar-refractivity contribution in [2.45, 2.75) is 44.2 Å². The summed E-state index contributed by atoms with van der Waals surface area (Å²) in [6.45, 7) is 5.93. The SMILES string of the molecule is Cc1ccc(-c2noc(CN3CCCC(C(=O)NC(C)c4ccc(S(C)(=O)=O)cc4)C3)n2)cc1. The molecule has 2 atom stereocenters. The molecule has 0 radical (unpaired) electrons. The number of rotatable bonds is 7. The number of hydrogen-bond acceptors (Lipinski definition) is 7. The Hall–Kier alpha value is -3.04. The van der Waals surface area contributed by atoms with Crippen LogP contribution in [-0.2, 0) is 21.2 Å². The lowest BCUT2D eigenvalue weighted by molar-refractivity contribution is -0.127. The summed E-state index contributed by atoms with van der Waals surface area (Å²) in [6.07, 6.45) is 2.91. The molecule has 3 aromatic rings. The molecule has 8 nitrogen and oxygen atoms in total. The van der Waals surface area contributed by atoms with Crippen LogP contribution >= 0.6 is 0 Å². The largest absolute Gasteiger partial charge is 0.349 e. The highest BCUT2D eigenvalue weighted by molar-refractivity contribution is 7.90. The smallest absolute Gasteiger partial charge is 0.241 e. The molecule has 0 saturated carbocycles. The van der Waals surface area contributed by atoms with E-state index in [0.29, 0.717) is 24.8 Å². The Morgan fingerprint density at radius 2 is 1.88 bits per heavy atom. The van der Waals surface area contributed by atoms with E-state index in [0.717, 1.165) is 30.5 Å². The fourth-order valence-electron chi connectivity index (χ4n) is 4.16. The van der Waals surface area contributed by atoms with Crippen LogP contribution in [0, 0.1) is 12.8 Å². The van der Waals surface area contributed by atoms with Gasteiger partial charge in [-0.1, -0.05) is 47.1 Å². The van der Waals surface area contributed by atoms with Crippen molar-refractivity contribution < 1.29 is 17.7 Å². The third-order valence-electron chi connectivity index (χ3n) is 6.18. The second kappa shape index (κ2) is 10.1. The molecule has 34 heavy (non-hydrogen) atoms. The van der Waals surface area contributed by atoms with Crippen LogP contribution in [-0.4, -0.2) is 48.7 Å². The summed E-state index contributed by atoms with van der Waals surface area (Å²) >= 11 is 0. The van der Waals surface area contributed by atoms with Crippen LogP contribution in [0.15, 0.2) is 57.9 Å². The second-order valence-corrected chi connectivity index (χ2v) is 11.0. The molecule has 2 unspecified atom stereocenters. The zero-order valence-corrected chi connectivity index (χ0v) is 20.5. The molecule has 1 amide bonds. The molecule has 1 fully saturated rings. The first kappa shape index (κ1) is 24.1. The van der Waals surface area contributed by atoms with Crippen LogP contribution in [0.25, 0.3) is 11.4 Å². The Bertz CT molecular complexity index is 1240. The van der Waals surface area contributed by atoms with Gasteiger partial charge in [0.25, 0.3) is 0 Å². The lowest BCUT2D eigenvalue weighted by Crippen LogP contribution is -2.43. The van der Waals surface area contributed by atoms with Gasteiger partial charge in [0.2, 0.25) is 17.6 Å². The van der Waals surface area contributed by atoms with Crippen molar-refractivity contribution in [2.24, 2.45) is 5.92 Å². The number of aromatic nitrogens is 2. The third-order valence-corrected chi connectivity index (χ3v) is 7.31. The van der Waals surface area contributed by atoms with E-state index in [2.05, 4.69) is 20.4 Å². The van der Waals surface area contributed by atoms with E-state index < -0.39 is 9.84 Å². The maximum Gasteiger partial charge on any atom is 0.241 e. The van der Waals surface area contributed by atoms with Gasteiger partial charge < -0.3 is 9.84 Å². The molecule has 1 aliphatic rings. The molecule has 0 spiro atoms. The van der Waals surface area contributed by atoms with Crippen LogP contribution in [0.3, 0.4) is 0 Å². The van der Waals surface area contributed by atoms with E-state index in [4.69, 9.17) is 4.52 Å². The highest BCUT2D eigenvalue weighted by atomic mass is 32.2. The van der Waals surface area contributed by atoms with Gasteiger partial charge in [0.15, 0.2) is 9.84 Å². The fourth-order valence-corrected chi connectivity index (χ4v) is 4.79. The van der Waals surface area contributed by atoms with Gasteiger partial charge in [0.1, 0.15) is 0 Å². The number of carbonyl (C=O) groups is 1. The molecule has 2 aromatic carbocycles. The maximum absolute atomic E-state index is 12.9. The number of sulfone groups is 1. The Kier molecular flexibility index (Phi) is 7.13. The van der Waals surface area contributed by atoms with Crippen molar-refractivity contribution in [2.75, 3.05) is 19.3 Å². The standard InChI is InChI=1S/C25H30N4O4S/c1-17-6-8-20(9-7-17)24-27-23(33-28-24)16-29-14-4-5-21(15-29)25(30)26-18(2)19-10-12-22(13-11-19)34(3,31)32/h6-13,18,21H,4-5,14-16H2,1-3H3,(H,26,30). The van der Waals surface area contributed by atoms with Crippen LogP contribution in [0.2, 0.25) is 0 Å². The third kappa shape index (κ3) is 5.90. The molecule has 180 valence electrons. The summed E-state index contributed by atoms with van der Waals surface area (Å²) < 4.78 is 28.8. The summed E-state index contributed by atoms with van der Waals surface area (Å²) in [5, 5.41) is 7.17. The Balaban J connectivity index is 1.33. The number of piperidine rings is 1. The number of nitrogens with zero attached hydrogens (tertiary/aromatic N) is 3. The van der Waals surface area contributed by atoms with Crippen LogP contribution < -0.4 is 5.32 Å². The number of nitrogens with one attached hydrogen (secondary N) is 1. The number of aryl methyl sites for hydroxylation is 1. The summed E-state index contributed by atoms with van der Waals surface area (Å²) in [5.74, 6) is 0.967. The van der Waals surface area contributed by atoms with Gasteiger partial charge in [-0.2, -0.15) is 4.98 Å². The molecule has 0 bridgehead atoms. The van der Waals surface area contributed by atoms with Crippen molar-refractivity contribution in [3.05, 3.63) is 65.5 Å². The highest BCUT2D eigenvalue weighted by Crippen LogP contribution is 2.22. The molecule has 4 rings (SSSR count). The number of likely N-dealkylation sites (tertiary alicyclic amines) is 1. The molecule has 1 aliphatic heterocycles. The van der Waals surface area contributed by atoms with E-state index in [1.54, 1.807) is 24.3 Å². The predicted octanol–water partition coefficient (Wildman–Crippen LogP) is 3.54. The van der Waals surface area contributed by atoms with E-state index >= 15 is 0 Å². The first-order chi connectivity index (χ1) is 16.2. The fraction of sp³-hybridized carbons (Fsp3) is 0.400. The summed E-state index contributed by atoms with van der Waals surface area (Å²) in [7, 11) is -3.24. The van der Waals surface area contributed by atoms with E-state index in [1.165, 1.54) is 11.8 Å². The average molecular weight is 483 g/mol. The molecule has 0 aliphatic carbocycles. The van der Waals surface area contributed by atoms with Crippen molar-refractivity contribution >= 4 is 15.7 Å². The molecular weight excluding hydrogens is 452 g/mol. The Labute approximate surface area is 200 Å². The molecule has 1 saturated heterocycles. The Morgan fingerprint density at radius 3 is 2.56 bits per heavy atom. The quantitative estimate of drug-likeness (QED) is 0.549. The highest BCUT2D eigenvalue weighted by Gasteiger charge is 2.28. The van der Waals surface area contributed by atoms with Crippen LogP contribution in [0.4, 0.5) is 0 Å². The lowest BCUT2D eigenvalue weighted by Gasteiger charge is -2.31. The topological polar surface area (TPSA) is 105 Å². The molecule has 9 heteroatoms. The van der Waals surface area contributed by atoms with Gasteiger partial charge in [0.05, 0.1) is 23.4 Å². The minimum atomic E-state index is -3.24. The number of amides is 1. The maximum atomic E-state index is 12.9. The molecule has 1 N–H and O–H groups in total.